The molecule has 9 heteroatoms. The van der Waals surface area contributed by atoms with E-state index in [9.17, 15) is 14.4 Å². The van der Waals surface area contributed by atoms with Crippen molar-refractivity contribution in [2.24, 2.45) is 17.8 Å². The second-order valence-electron chi connectivity index (χ2n) is 14.4. The highest BCUT2D eigenvalue weighted by Crippen LogP contribution is 2.27. The van der Waals surface area contributed by atoms with Crippen LogP contribution in [0.5, 0.6) is 0 Å². The molecule has 0 N–H and O–H groups in total. The van der Waals surface area contributed by atoms with Crippen LogP contribution in [0.15, 0.2) is 68.0 Å². The van der Waals surface area contributed by atoms with Crippen LogP contribution in [0.2, 0.25) is 0 Å². The molecule has 1 aliphatic heterocycles. The maximum absolute atomic E-state index is 13.7. The molecule has 0 spiro atoms. The summed E-state index contributed by atoms with van der Waals surface area (Å²) in [5, 5.41) is 0. The van der Waals surface area contributed by atoms with Crippen molar-refractivity contribution in [3.63, 3.8) is 0 Å². The van der Waals surface area contributed by atoms with Gasteiger partial charge in [-0.3, -0.25) is 14.4 Å². The van der Waals surface area contributed by atoms with E-state index in [1.165, 1.54) is 0 Å². The van der Waals surface area contributed by atoms with Gasteiger partial charge in [0.25, 0.3) is 0 Å². The van der Waals surface area contributed by atoms with Crippen molar-refractivity contribution >= 4 is 65.5 Å². The zero-order valence-corrected chi connectivity index (χ0v) is 33.8. The van der Waals surface area contributed by atoms with Crippen molar-refractivity contribution in [1.29, 1.82) is 0 Å². The van der Waals surface area contributed by atoms with Gasteiger partial charge in [-0.15, -0.1) is 0 Å². The van der Waals surface area contributed by atoms with Crippen LogP contribution in [0, 0.1) is 17.8 Å². The first-order valence-electron chi connectivity index (χ1n) is 16.8. The Morgan fingerprint density at radius 3 is 0.792 bits per heavy atom. The Balaban J connectivity index is 1.86. The van der Waals surface area contributed by atoms with Gasteiger partial charge in [-0.1, -0.05) is 108 Å². The summed E-state index contributed by atoms with van der Waals surface area (Å²) in [6.07, 6.45) is 1.35. The Kier molecular flexibility index (Phi) is 13.9. The maximum atomic E-state index is 13.7. The van der Waals surface area contributed by atoms with Gasteiger partial charge in [0, 0.05) is 71.9 Å². The molecule has 3 amide bonds. The van der Waals surface area contributed by atoms with E-state index in [1.54, 1.807) is 0 Å². The first-order chi connectivity index (χ1) is 22.6. The Morgan fingerprint density at radius 1 is 0.438 bits per heavy atom. The zero-order valence-electron chi connectivity index (χ0n) is 29.0. The summed E-state index contributed by atoms with van der Waals surface area (Å²) >= 11 is 11.2. The SMILES string of the molecule is CC(C)CC(=O)N1Cc2cc(Br)cc(c2)CN(C(=O)CC(C)C)Cc2cc(Br)cc(c2)CN(C(=O)CC(C)C)Cc2cc(Br)cc(c2)C1. The molecule has 0 atom stereocenters. The fraction of sp³-hybridized carbons (Fsp3) is 0.462. The lowest BCUT2D eigenvalue weighted by Gasteiger charge is -2.28. The molecule has 0 fully saturated rings. The largest absolute Gasteiger partial charge is 0.334 e. The third kappa shape index (κ3) is 11.8. The van der Waals surface area contributed by atoms with Crippen LogP contribution in [-0.2, 0) is 53.7 Å². The van der Waals surface area contributed by atoms with Crippen molar-refractivity contribution in [2.45, 2.75) is 100 Å². The fourth-order valence-corrected chi connectivity index (χ4v) is 7.92. The normalized spacial score (nSPS) is 14.4. The van der Waals surface area contributed by atoms with Crippen LogP contribution in [0.1, 0.15) is 94.2 Å². The molecule has 0 unspecified atom stereocenters. The minimum Gasteiger partial charge on any atom is -0.334 e. The molecule has 1 heterocycles. The number of carbonyl (C=O) groups is 3. The zero-order chi connectivity index (χ0) is 35.1. The molecule has 258 valence electrons. The van der Waals surface area contributed by atoms with E-state index in [-0.39, 0.29) is 35.5 Å². The summed E-state index contributed by atoms with van der Waals surface area (Å²) in [5.74, 6) is 0.941. The molecule has 0 radical (unpaired) electrons. The maximum Gasteiger partial charge on any atom is 0.223 e. The molecule has 6 nitrogen and oxygen atoms in total. The van der Waals surface area contributed by atoms with Crippen molar-refractivity contribution in [3.05, 3.63) is 101 Å². The number of fused-ring (bicyclic) bond motifs is 6. The minimum atomic E-state index is 0.0917. The predicted octanol–water partition coefficient (Wildman–Crippen LogP) is 10.0. The summed E-state index contributed by atoms with van der Waals surface area (Å²) in [6.45, 7) is 15.0. The lowest BCUT2D eigenvalue weighted by Crippen LogP contribution is -2.33. The summed E-state index contributed by atoms with van der Waals surface area (Å²) in [7, 11) is 0. The van der Waals surface area contributed by atoms with Gasteiger partial charge in [0.2, 0.25) is 17.7 Å². The highest BCUT2D eigenvalue weighted by Gasteiger charge is 2.22. The summed E-state index contributed by atoms with van der Waals surface area (Å²) in [4.78, 5) is 46.8. The number of rotatable bonds is 6. The molecule has 48 heavy (non-hydrogen) atoms. The number of hydrogen-bond acceptors (Lipinski definition) is 3. The number of benzene rings is 3. The van der Waals surface area contributed by atoms with Crippen LogP contribution in [0.4, 0.5) is 0 Å². The fourth-order valence-electron chi connectivity index (χ4n) is 6.15. The van der Waals surface area contributed by atoms with E-state index in [0.717, 1.165) is 46.8 Å². The smallest absolute Gasteiger partial charge is 0.223 e. The molecular weight excluding hydrogens is 798 g/mol. The molecule has 1 aliphatic rings. The number of amides is 3. The Bertz CT molecular complexity index is 1360. The second kappa shape index (κ2) is 17.4. The molecule has 6 bridgehead atoms. The van der Waals surface area contributed by atoms with Crippen molar-refractivity contribution in [3.8, 4) is 0 Å². The topological polar surface area (TPSA) is 60.9 Å². The molecule has 3 aromatic carbocycles. The van der Waals surface area contributed by atoms with Gasteiger partial charge < -0.3 is 14.7 Å². The van der Waals surface area contributed by atoms with Gasteiger partial charge in [0.05, 0.1) is 0 Å². The lowest BCUT2D eigenvalue weighted by molar-refractivity contribution is -0.134. The van der Waals surface area contributed by atoms with Crippen molar-refractivity contribution < 1.29 is 14.4 Å². The first-order valence-corrected chi connectivity index (χ1v) is 19.2. The van der Waals surface area contributed by atoms with Crippen molar-refractivity contribution in [1.82, 2.24) is 14.7 Å². The third-order valence-corrected chi connectivity index (χ3v) is 9.47. The van der Waals surface area contributed by atoms with Crippen LogP contribution < -0.4 is 0 Å². The van der Waals surface area contributed by atoms with Crippen LogP contribution >= 0.6 is 47.8 Å². The predicted molar refractivity (Wildman–Crippen MR) is 204 cm³/mol. The van der Waals surface area contributed by atoms with Crippen LogP contribution in [-0.4, -0.2) is 32.4 Å². The minimum absolute atomic E-state index is 0.0917. The van der Waals surface area contributed by atoms with E-state index in [2.05, 4.69) is 144 Å². The van der Waals surface area contributed by atoms with Gasteiger partial charge in [-0.05, 0) is 87.5 Å². The van der Waals surface area contributed by atoms with E-state index in [1.807, 2.05) is 14.7 Å². The summed E-state index contributed by atoms with van der Waals surface area (Å²) in [5.41, 5.74) is 6.00. The average molecular weight is 847 g/mol. The van der Waals surface area contributed by atoms with Crippen molar-refractivity contribution in [2.75, 3.05) is 0 Å². The quantitative estimate of drug-likeness (QED) is 0.248. The standard InChI is InChI=1S/C39H48Br3N3O3/c1-25(2)7-37(46)43-19-28-10-30(15-34(40)13-28)21-44(38(47)8-26(3)4)23-32-12-33(18-36(42)17-32)24-45(39(48)9-27(5)6)22-31-11-29(20-43)14-35(41)16-31/h10-18,25-27H,7-9,19-24H2,1-6H3. The molecule has 4 rings (SSSR count). The highest BCUT2D eigenvalue weighted by molar-refractivity contribution is 9.11. The highest BCUT2D eigenvalue weighted by atomic mass is 79.9. The van der Waals surface area contributed by atoms with E-state index < -0.39 is 0 Å². The van der Waals surface area contributed by atoms with Gasteiger partial charge >= 0.3 is 0 Å². The molecule has 0 saturated heterocycles. The van der Waals surface area contributed by atoms with Crippen LogP contribution in [0.3, 0.4) is 0 Å². The number of carbonyl (C=O) groups excluding carboxylic acids is 3. The lowest BCUT2D eigenvalue weighted by atomic mass is 10.0. The number of nitrogens with zero attached hydrogens (tertiary/aromatic N) is 3. The van der Waals surface area contributed by atoms with E-state index >= 15 is 0 Å². The second-order valence-corrected chi connectivity index (χ2v) is 17.2. The summed E-state index contributed by atoms with van der Waals surface area (Å²) < 4.78 is 2.74. The molecular formula is C39H48Br3N3O3. The van der Waals surface area contributed by atoms with Gasteiger partial charge in [0.15, 0.2) is 0 Å². The molecule has 3 aromatic rings. The number of halogens is 3. The van der Waals surface area contributed by atoms with Gasteiger partial charge in [0.1, 0.15) is 0 Å². The summed E-state index contributed by atoms with van der Waals surface area (Å²) in [6, 6.07) is 18.7. The van der Waals surface area contributed by atoms with E-state index in [0.29, 0.717) is 58.5 Å². The number of hydrogen-bond donors (Lipinski definition) is 0. The Labute approximate surface area is 312 Å². The molecule has 0 aliphatic carbocycles. The Hall–Kier alpha value is -2.49. The Morgan fingerprint density at radius 2 is 0.625 bits per heavy atom. The molecule has 0 aromatic heterocycles. The first kappa shape index (κ1) is 38.3. The monoisotopic (exact) mass is 843 g/mol. The van der Waals surface area contributed by atoms with E-state index in [4.69, 9.17) is 0 Å². The average Bonchev–Trinajstić information content (AvgIpc) is 2.94. The molecule has 0 saturated carbocycles. The van der Waals surface area contributed by atoms with Gasteiger partial charge in [-0.25, -0.2) is 0 Å². The van der Waals surface area contributed by atoms with Gasteiger partial charge in [-0.2, -0.15) is 0 Å². The third-order valence-electron chi connectivity index (χ3n) is 8.10. The van der Waals surface area contributed by atoms with Crippen LogP contribution in [0.25, 0.3) is 0 Å².